The molecule has 180 valence electrons. The molecule has 2 aromatic heterocycles. The van der Waals surface area contributed by atoms with E-state index >= 15 is 0 Å². The molecule has 0 radical (unpaired) electrons. The first-order chi connectivity index (χ1) is 16.2. The topological polar surface area (TPSA) is 76.4 Å². The summed E-state index contributed by atoms with van der Waals surface area (Å²) < 4.78 is 58.2. The smallest absolute Gasteiger partial charge is 0.434 e. The second kappa shape index (κ2) is 9.94. The van der Waals surface area contributed by atoms with E-state index in [4.69, 9.17) is 16.3 Å². The highest BCUT2D eigenvalue weighted by Gasteiger charge is 2.35. The first-order valence-electron chi connectivity index (χ1n) is 10.2. The zero-order valence-electron chi connectivity index (χ0n) is 17.7. The van der Waals surface area contributed by atoms with Crippen LogP contribution in [0.5, 0.6) is 11.6 Å². The third-order valence-electron chi connectivity index (χ3n) is 5.16. The van der Waals surface area contributed by atoms with Crippen LogP contribution in [0.25, 0.3) is 0 Å². The number of carbonyl (C=O) groups is 1. The van der Waals surface area contributed by atoms with Gasteiger partial charge in [0.1, 0.15) is 11.7 Å². The van der Waals surface area contributed by atoms with E-state index in [0.29, 0.717) is 44.5 Å². The predicted molar refractivity (Wildman–Crippen MR) is 113 cm³/mol. The number of piperazine rings is 1. The Hall–Kier alpha value is -3.25. The molecule has 0 aliphatic carbocycles. The monoisotopic (exact) mass is 498 g/mol. The fourth-order valence-electron chi connectivity index (χ4n) is 3.38. The van der Waals surface area contributed by atoms with Gasteiger partial charge in [-0.2, -0.15) is 23.4 Å². The lowest BCUT2D eigenvalue weighted by Gasteiger charge is -2.34. The van der Waals surface area contributed by atoms with Gasteiger partial charge in [-0.05, 0) is 18.2 Å². The van der Waals surface area contributed by atoms with E-state index < -0.39 is 17.7 Å². The van der Waals surface area contributed by atoms with Gasteiger partial charge in [0, 0.05) is 44.9 Å². The van der Waals surface area contributed by atoms with Crippen molar-refractivity contribution in [2.75, 3.05) is 26.2 Å². The van der Waals surface area contributed by atoms with Gasteiger partial charge in [-0.1, -0.05) is 23.7 Å². The van der Waals surface area contributed by atoms with Crippen molar-refractivity contribution in [1.82, 2.24) is 29.8 Å². The zero-order valence-corrected chi connectivity index (χ0v) is 18.4. The summed E-state index contributed by atoms with van der Waals surface area (Å²) in [6.07, 6.45) is -4.63. The normalized spacial score (nSPS) is 14.9. The van der Waals surface area contributed by atoms with E-state index in [1.54, 1.807) is 29.2 Å². The van der Waals surface area contributed by atoms with Crippen molar-refractivity contribution >= 4 is 17.5 Å². The number of halogens is 5. The van der Waals surface area contributed by atoms with Crippen LogP contribution in [0.4, 0.5) is 17.6 Å². The van der Waals surface area contributed by atoms with E-state index in [9.17, 15) is 22.4 Å². The van der Waals surface area contributed by atoms with Gasteiger partial charge in [0.2, 0.25) is 11.8 Å². The number of hydrogen-bond donors (Lipinski definition) is 0. The van der Waals surface area contributed by atoms with E-state index in [-0.39, 0.29) is 29.2 Å². The summed E-state index contributed by atoms with van der Waals surface area (Å²) in [5, 5.41) is 11.2. The third-order valence-corrected chi connectivity index (χ3v) is 5.47. The van der Waals surface area contributed by atoms with Crippen molar-refractivity contribution < 1.29 is 27.1 Å². The number of amides is 1. The molecular weight excluding hydrogens is 480 g/mol. The van der Waals surface area contributed by atoms with Crippen LogP contribution in [-0.4, -0.2) is 61.9 Å². The number of rotatable bonds is 6. The van der Waals surface area contributed by atoms with Crippen molar-refractivity contribution in [2.45, 2.75) is 19.3 Å². The van der Waals surface area contributed by atoms with Crippen LogP contribution in [0.1, 0.15) is 11.4 Å². The third kappa shape index (κ3) is 5.81. The fraction of sp³-hybridized carbons (Fsp3) is 0.333. The van der Waals surface area contributed by atoms with Gasteiger partial charge >= 0.3 is 6.18 Å². The molecule has 34 heavy (non-hydrogen) atoms. The van der Waals surface area contributed by atoms with E-state index in [0.717, 1.165) is 4.68 Å². The Bertz CT molecular complexity index is 1150. The average molecular weight is 499 g/mol. The summed E-state index contributed by atoms with van der Waals surface area (Å²) in [5.74, 6) is -0.657. The van der Waals surface area contributed by atoms with Crippen LogP contribution in [0.3, 0.4) is 0 Å². The molecule has 1 amide bonds. The van der Waals surface area contributed by atoms with Crippen molar-refractivity contribution in [3.63, 3.8) is 0 Å². The highest BCUT2D eigenvalue weighted by atomic mass is 35.5. The number of hydrogen-bond acceptors (Lipinski definition) is 6. The molecule has 0 saturated carbocycles. The summed E-state index contributed by atoms with van der Waals surface area (Å²) in [6, 6.07) is 9.98. The summed E-state index contributed by atoms with van der Waals surface area (Å²) in [7, 11) is 0. The Morgan fingerprint density at radius 3 is 2.41 bits per heavy atom. The highest BCUT2D eigenvalue weighted by Crippen LogP contribution is 2.30. The Morgan fingerprint density at radius 2 is 1.79 bits per heavy atom. The first kappa shape index (κ1) is 23.9. The van der Waals surface area contributed by atoms with Crippen LogP contribution in [0, 0.1) is 5.82 Å². The zero-order chi connectivity index (χ0) is 24.3. The number of benzene rings is 1. The molecule has 4 rings (SSSR count). The molecule has 1 aliphatic rings. The molecule has 1 aromatic carbocycles. The molecule has 1 aliphatic heterocycles. The lowest BCUT2D eigenvalue weighted by molar-refractivity contribution is -0.142. The number of alkyl halides is 3. The maximum absolute atomic E-state index is 13.7. The Labute approximate surface area is 196 Å². The number of ether oxygens (including phenoxy) is 1. The van der Waals surface area contributed by atoms with Crippen molar-refractivity contribution in [3.8, 4) is 11.6 Å². The van der Waals surface area contributed by atoms with E-state index in [2.05, 4.69) is 20.2 Å². The highest BCUT2D eigenvalue weighted by molar-refractivity contribution is 6.29. The lowest BCUT2D eigenvalue weighted by Crippen LogP contribution is -2.49. The molecule has 0 N–H and O–H groups in total. The molecule has 0 bridgehead atoms. The van der Waals surface area contributed by atoms with Gasteiger partial charge in [0.25, 0.3) is 0 Å². The maximum Gasteiger partial charge on any atom is 0.435 e. The second-order valence-corrected chi connectivity index (χ2v) is 7.95. The summed E-state index contributed by atoms with van der Waals surface area (Å²) >= 11 is 5.79. The molecule has 3 aromatic rings. The molecule has 1 fully saturated rings. The molecule has 1 saturated heterocycles. The van der Waals surface area contributed by atoms with E-state index in [1.165, 1.54) is 12.1 Å². The molecular formula is C21H19ClF4N6O2. The van der Waals surface area contributed by atoms with Gasteiger partial charge in [-0.15, -0.1) is 5.10 Å². The first-order valence-corrected chi connectivity index (χ1v) is 10.6. The Kier molecular flexibility index (Phi) is 6.98. The fourth-order valence-corrected chi connectivity index (χ4v) is 3.58. The number of para-hydroxylation sites is 1. The Morgan fingerprint density at radius 1 is 1.06 bits per heavy atom. The lowest BCUT2D eigenvalue weighted by atomic mass is 10.2. The van der Waals surface area contributed by atoms with Crippen LogP contribution >= 0.6 is 11.6 Å². The number of carbonyl (C=O) groups excluding carboxylic acids is 1. The average Bonchev–Trinajstić information content (AvgIpc) is 3.18. The Balaban J connectivity index is 1.26. The largest absolute Gasteiger partial charge is 0.435 e. The van der Waals surface area contributed by atoms with Gasteiger partial charge in [0.05, 0.1) is 5.69 Å². The van der Waals surface area contributed by atoms with Gasteiger partial charge < -0.3 is 9.64 Å². The maximum atomic E-state index is 13.7. The van der Waals surface area contributed by atoms with Gasteiger partial charge in [0.15, 0.2) is 17.3 Å². The standard InChI is InChI=1S/C21H19ClF4N6O2/c22-18-11-17(21(24,25)26)29-32(18)13-20(33)31-9-7-30(8-10-31)12-14-5-6-19(28-27-14)34-16-4-2-1-3-15(16)23/h1-6,11H,7-10,12-13H2. The molecule has 8 nitrogen and oxygen atoms in total. The van der Waals surface area contributed by atoms with Crippen LogP contribution in [0.15, 0.2) is 42.5 Å². The van der Waals surface area contributed by atoms with Crippen molar-refractivity contribution in [1.29, 1.82) is 0 Å². The molecule has 0 spiro atoms. The minimum Gasteiger partial charge on any atom is -0.434 e. The summed E-state index contributed by atoms with van der Waals surface area (Å²) in [4.78, 5) is 16.1. The summed E-state index contributed by atoms with van der Waals surface area (Å²) in [6.45, 7) is 1.99. The van der Waals surface area contributed by atoms with Gasteiger partial charge in [-0.25, -0.2) is 9.07 Å². The molecule has 13 heteroatoms. The van der Waals surface area contributed by atoms with Crippen molar-refractivity contribution in [3.05, 3.63) is 64.8 Å². The minimum atomic E-state index is -4.63. The molecule has 0 atom stereocenters. The summed E-state index contributed by atoms with van der Waals surface area (Å²) in [5.41, 5.74) is -0.467. The van der Waals surface area contributed by atoms with E-state index in [1.807, 2.05) is 0 Å². The SMILES string of the molecule is O=C(Cn1nc(C(F)(F)F)cc1Cl)N1CCN(Cc2ccc(Oc3ccccc3F)nn2)CC1. The predicted octanol–water partition coefficient (Wildman–Crippen LogP) is 3.62. The second-order valence-electron chi connectivity index (χ2n) is 7.56. The van der Waals surface area contributed by atoms with Crippen LogP contribution < -0.4 is 4.74 Å². The minimum absolute atomic E-state index is 0.0522. The van der Waals surface area contributed by atoms with Crippen LogP contribution in [0.2, 0.25) is 5.15 Å². The quantitative estimate of drug-likeness (QED) is 0.483. The van der Waals surface area contributed by atoms with Crippen LogP contribution in [-0.2, 0) is 24.1 Å². The number of nitrogens with zero attached hydrogens (tertiary/aromatic N) is 6. The van der Waals surface area contributed by atoms with Gasteiger partial charge in [-0.3, -0.25) is 9.69 Å². The number of aromatic nitrogens is 4. The molecule has 0 unspecified atom stereocenters. The van der Waals surface area contributed by atoms with Crippen molar-refractivity contribution in [2.24, 2.45) is 0 Å². The molecule has 3 heterocycles.